The summed E-state index contributed by atoms with van der Waals surface area (Å²) in [5, 5.41) is 9.05. The third kappa shape index (κ3) is 3.99. The maximum Gasteiger partial charge on any atom is 0.0558 e. The molecule has 0 heterocycles. The molecule has 0 aliphatic carbocycles. The molecule has 2 nitrogen and oxygen atoms in total. The van der Waals surface area contributed by atoms with Gasteiger partial charge in [-0.3, -0.25) is 4.90 Å². The van der Waals surface area contributed by atoms with E-state index in [0.717, 1.165) is 13.1 Å². The second kappa shape index (κ2) is 6.58. The van der Waals surface area contributed by atoms with Crippen LogP contribution in [0.25, 0.3) is 0 Å². The molecule has 0 fully saturated rings. The van der Waals surface area contributed by atoms with Gasteiger partial charge in [-0.05, 0) is 37.5 Å². The van der Waals surface area contributed by atoms with Crippen molar-refractivity contribution >= 4 is 0 Å². The first-order valence-electron chi connectivity index (χ1n) is 6.09. The number of benzene rings is 1. The van der Waals surface area contributed by atoms with E-state index in [1.807, 2.05) is 6.08 Å². The lowest BCUT2D eigenvalue weighted by Gasteiger charge is -2.22. The van der Waals surface area contributed by atoms with Crippen LogP contribution in [0, 0.1) is 20.8 Å². The van der Waals surface area contributed by atoms with Gasteiger partial charge >= 0.3 is 0 Å². The number of rotatable bonds is 6. The lowest BCUT2D eigenvalue weighted by atomic mass is 9.99. The van der Waals surface area contributed by atoms with Crippen molar-refractivity contribution in [2.75, 3.05) is 19.7 Å². The maximum absolute atomic E-state index is 9.05. The highest BCUT2D eigenvalue weighted by Gasteiger charge is 2.08. The zero-order valence-electron chi connectivity index (χ0n) is 11.2. The number of nitrogens with zero attached hydrogens (tertiary/aromatic N) is 1. The molecule has 0 saturated carbocycles. The van der Waals surface area contributed by atoms with Crippen LogP contribution in [-0.4, -0.2) is 29.7 Å². The number of aryl methyl sites for hydroxylation is 3. The smallest absolute Gasteiger partial charge is 0.0558 e. The highest BCUT2D eigenvalue weighted by atomic mass is 16.3. The molecule has 0 atom stereocenters. The fourth-order valence-electron chi connectivity index (χ4n) is 2.24. The van der Waals surface area contributed by atoms with Gasteiger partial charge < -0.3 is 5.11 Å². The van der Waals surface area contributed by atoms with Gasteiger partial charge in [0.1, 0.15) is 0 Å². The fourth-order valence-corrected chi connectivity index (χ4v) is 2.24. The SMILES string of the molecule is C=CCN(CCO)Cc1c(C)cc(C)cc1C. The van der Waals surface area contributed by atoms with E-state index in [2.05, 4.69) is 44.4 Å². The van der Waals surface area contributed by atoms with Crippen molar-refractivity contribution in [2.45, 2.75) is 27.3 Å². The number of aliphatic hydroxyl groups excluding tert-OH is 1. The normalized spacial score (nSPS) is 10.9. The van der Waals surface area contributed by atoms with Crippen LogP contribution in [0.5, 0.6) is 0 Å². The second-order valence-corrected chi connectivity index (χ2v) is 4.62. The summed E-state index contributed by atoms with van der Waals surface area (Å²) in [5.41, 5.74) is 5.33. The van der Waals surface area contributed by atoms with E-state index in [-0.39, 0.29) is 6.61 Å². The average molecular weight is 233 g/mol. The predicted molar refractivity (Wildman–Crippen MR) is 73.2 cm³/mol. The second-order valence-electron chi connectivity index (χ2n) is 4.62. The summed E-state index contributed by atoms with van der Waals surface area (Å²) in [4.78, 5) is 2.21. The van der Waals surface area contributed by atoms with E-state index in [9.17, 15) is 0 Å². The van der Waals surface area contributed by atoms with Crippen molar-refractivity contribution in [3.63, 3.8) is 0 Å². The Hall–Kier alpha value is -1.12. The van der Waals surface area contributed by atoms with Crippen LogP contribution in [0.15, 0.2) is 24.8 Å². The summed E-state index contributed by atoms with van der Waals surface area (Å²) in [6.07, 6.45) is 1.88. The largest absolute Gasteiger partial charge is 0.395 e. The van der Waals surface area contributed by atoms with Crippen LogP contribution < -0.4 is 0 Å². The van der Waals surface area contributed by atoms with Crippen LogP contribution in [-0.2, 0) is 6.54 Å². The van der Waals surface area contributed by atoms with E-state index in [4.69, 9.17) is 5.11 Å². The quantitative estimate of drug-likeness (QED) is 0.763. The summed E-state index contributed by atoms with van der Waals surface area (Å²) >= 11 is 0. The third-order valence-electron chi connectivity index (χ3n) is 3.03. The molecule has 1 rings (SSSR count). The fraction of sp³-hybridized carbons (Fsp3) is 0.467. The van der Waals surface area contributed by atoms with Crippen molar-refractivity contribution in [2.24, 2.45) is 0 Å². The number of hydrogen-bond donors (Lipinski definition) is 1. The molecular formula is C15H23NO. The van der Waals surface area contributed by atoms with Gasteiger partial charge in [-0.1, -0.05) is 23.8 Å². The van der Waals surface area contributed by atoms with Crippen molar-refractivity contribution < 1.29 is 5.11 Å². The Morgan fingerprint density at radius 3 is 2.29 bits per heavy atom. The van der Waals surface area contributed by atoms with E-state index < -0.39 is 0 Å². The Morgan fingerprint density at radius 2 is 1.82 bits per heavy atom. The zero-order valence-corrected chi connectivity index (χ0v) is 11.2. The standard InChI is InChI=1S/C15H23NO/c1-5-6-16(7-8-17)11-15-13(3)9-12(2)10-14(15)4/h5,9-10,17H,1,6-8,11H2,2-4H3. The first kappa shape index (κ1) is 13.9. The Bertz CT molecular complexity index is 362. The van der Waals surface area contributed by atoms with Gasteiger partial charge in [0.2, 0.25) is 0 Å². The van der Waals surface area contributed by atoms with E-state index in [1.165, 1.54) is 22.3 Å². The molecule has 1 N–H and O–H groups in total. The lowest BCUT2D eigenvalue weighted by Crippen LogP contribution is -2.27. The summed E-state index contributed by atoms with van der Waals surface area (Å²) in [6, 6.07) is 4.43. The Labute approximate surface area is 105 Å². The number of hydrogen-bond acceptors (Lipinski definition) is 2. The molecule has 0 bridgehead atoms. The van der Waals surface area contributed by atoms with Crippen molar-refractivity contribution in [3.8, 4) is 0 Å². The van der Waals surface area contributed by atoms with Gasteiger partial charge in [0.25, 0.3) is 0 Å². The molecular weight excluding hydrogens is 210 g/mol. The molecule has 0 aliphatic heterocycles. The minimum Gasteiger partial charge on any atom is -0.395 e. The molecule has 17 heavy (non-hydrogen) atoms. The Balaban J connectivity index is 2.88. The molecule has 0 saturated heterocycles. The minimum absolute atomic E-state index is 0.192. The molecule has 0 amide bonds. The number of aliphatic hydroxyl groups is 1. The third-order valence-corrected chi connectivity index (χ3v) is 3.03. The zero-order chi connectivity index (χ0) is 12.8. The molecule has 0 aliphatic rings. The van der Waals surface area contributed by atoms with Crippen LogP contribution in [0.1, 0.15) is 22.3 Å². The molecule has 94 valence electrons. The van der Waals surface area contributed by atoms with Crippen LogP contribution in [0.4, 0.5) is 0 Å². The van der Waals surface area contributed by atoms with Gasteiger partial charge in [-0.15, -0.1) is 6.58 Å². The monoisotopic (exact) mass is 233 g/mol. The van der Waals surface area contributed by atoms with E-state index >= 15 is 0 Å². The van der Waals surface area contributed by atoms with Crippen LogP contribution in [0.2, 0.25) is 0 Å². The lowest BCUT2D eigenvalue weighted by molar-refractivity contribution is 0.203. The summed E-state index contributed by atoms with van der Waals surface area (Å²) in [5.74, 6) is 0. The maximum atomic E-state index is 9.05. The van der Waals surface area contributed by atoms with Gasteiger partial charge in [0, 0.05) is 19.6 Å². The summed E-state index contributed by atoms with van der Waals surface area (Å²) in [6.45, 7) is 12.8. The molecule has 0 unspecified atom stereocenters. The highest BCUT2D eigenvalue weighted by molar-refractivity contribution is 5.37. The minimum atomic E-state index is 0.192. The topological polar surface area (TPSA) is 23.5 Å². The van der Waals surface area contributed by atoms with Crippen LogP contribution >= 0.6 is 0 Å². The molecule has 1 aromatic carbocycles. The summed E-state index contributed by atoms with van der Waals surface area (Å²) < 4.78 is 0. The first-order valence-corrected chi connectivity index (χ1v) is 6.09. The average Bonchev–Trinajstić information content (AvgIpc) is 2.23. The van der Waals surface area contributed by atoms with E-state index in [0.29, 0.717) is 6.54 Å². The Morgan fingerprint density at radius 1 is 1.24 bits per heavy atom. The van der Waals surface area contributed by atoms with Crippen molar-refractivity contribution in [3.05, 3.63) is 47.0 Å². The van der Waals surface area contributed by atoms with Gasteiger partial charge in [-0.25, -0.2) is 0 Å². The van der Waals surface area contributed by atoms with Gasteiger partial charge in [0.15, 0.2) is 0 Å². The molecule has 0 aromatic heterocycles. The summed E-state index contributed by atoms with van der Waals surface area (Å²) in [7, 11) is 0. The molecule has 2 heteroatoms. The van der Waals surface area contributed by atoms with Crippen molar-refractivity contribution in [1.29, 1.82) is 0 Å². The first-order chi connectivity index (χ1) is 8.08. The molecule has 0 spiro atoms. The van der Waals surface area contributed by atoms with Crippen LogP contribution in [0.3, 0.4) is 0 Å². The van der Waals surface area contributed by atoms with Crippen molar-refractivity contribution in [1.82, 2.24) is 4.90 Å². The predicted octanol–water partition coefficient (Wildman–Crippen LogP) is 2.59. The van der Waals surface area contributed by atoms with E-state index in [1.54, 1.807) is 0 Å². The molecule has 1 aromatic rings. The Kier molecular flexibility index (Phi) is 5.39. The highest BCUT2D eigenvalue weighted by Crippen LogP contribution is 2.18. The van der Waals surface area contributed by atoms with Gasteiger partial charge in [-0.2, -0.15) is 0 Å². The van der Waals surface area contributed by atoms with Gasteiger partial charge in [0.05, 0.1) is 6.61 Å². The molecule has 0 radical (unpaired) electrons.